The molecule has 0 saturated carbocycles. The summed E-state index contributed by atoms with van der Waals surface area (Å²) in [6.07, 6.45) is 0.450. The zero-order valence-corrected chi connectivity index (χ0v) is 16.4. The number of rotatable bonds is 6. The van der Waals surface area contributed by atoms with E-state index in [2.05, 4.69) is 5.32 Å². The number of hydrogen-bond donors (Lipinski definition) is 2. The standard InChI is InChI=1S/C19H26N2O7/c1-4-18(25,17(24)26-5-2)14-10-15-19(27-8-9-28-19)6-7-21(15)16(23)13(14)11-20-12(3)22/h10,25H,4-9,11H2,1-3H3,(H,20,22)/t18-/m1/s1. The van der Waals surface area contributed by atoms with Crippen LogP contribution < -0.4 is 10.9 Å². The second-order valence-electron chi connectivity index (χ2n) is 6.92. The van der Waals surface area contributed by atoms with E-state index >= 15 is 0 Å². The highest BCUT2D eigenvalue weighted by molar-refractivity contribution is 5.81. The first-order chi connectivity index (χ1) is 13.3. The van der Waals surface area contributed by atoms with Crippen LogP contribution >= 0.6 is 0 Å². The number of aromatic nitrogens is 1. The third kappa shape index (κ3) is 3.23. The number of aliphatic hydroxyl groups is 1. The van der Waals surface area contributed by atoms with Gasteiger partial charge in [0.2, 0.25) is 11.7 Å². The number of carbonyl (C=O) groups is 2. The van der Waals surface area contributed by atoms with Crippen LogP contribution in [-0.4, -0.2) is 41.4 Å². The predicted octanol–water partition coefficient (Wildman–Crippen LogP) is 0.248. The van der Waals surface area contributed by atoms with Gasteiger partial charge in [0.25, 0.3) is 5.56 Å². The molecule has 1 amide bonds. The van der Waals surface area contributed by atoms with Crippen LogP contribution in [0.15, 0.2) is 10.9 Å². The molecule has 9 nitrogen and oxygen atoms in total. The molecule has 0 aliphatic carbocycles. The first kappa shape index (κ1) is 20.5. The lowest BCUT2D eigenvalue weighted by Crippen LogP contribution is -2.42. The predicted molar refractivity (Wildman–Crippen MR) is 97.2 cm³/mol. The first-order valence-corrected chi connectivity index (χ1v) is 9.48. The van der Waals surface area contributed by atoms with Gasteiger partial charge in [0.1, 0.15) is 0 Å². The molecule has 154 valence electrons. The number of nitrogens with one attached hydrogen (secondary N) is 1. The summed E-state index contributed by atoms with van der Waals surface area (Å²) in [4.78, 5) is 37.2. The van der Waals surface area contributed by atoms with Crippen LogP contribution in [0.1, 0.15) is 50.4 Å². The molecule has 1 saturated heterocycles. The van der Waals surface area contributed by atoms with E-state index in [1.54, 1.807) is 19.9 Å². The number of carbonyl (C=O) groups excluding carboxylic acids is 2. The second kappa shape index (κ2) is 7.65. The van der Waals surface area contributed by atoms with Gasteiger partial charge in [0.05, 0.1) is 25.5 Å². The monoisotopic (exact) mass is 394 g/mol. The highest BCUT2D eigenvalue weighted by Gasteiger charge is 2.48. The van der Waals surface area contributed by atoms with Gasteiger partial charge in [-0.05, 0) is 19.4 Å². The highest BCUT2D eigenvalue weighted by atomic mass is 16.7. The Morgan fingerprint density at radius 2 is 2.04 bits per heavy atom. The van der Waals surface area contributed by atoms with Gasteiger partial charge in [-0.3, -0.25) is 9.59 Å². The van der Waals surface area contributed by atoms with Crippen LogP contribution in [-0.2, 0) is 48.3 Å². The van der Waals surface area contributed by atoms with E-state index in [1.165, 1.54) is 11.5 Å². The fourth-order valence-corrected chi connectivity index (χ4v) is 3.81. The van der Waals surface area contributed by atoms with Gasteiger partial charge in [0.15, 0.2) is 5.60 Å². The van der Waals surface area contributed by atoms with E-state index in [0.717, 1.165) is 0 Å². The van der Waals surface area contributed by atoms with Crippen molar-refractivity contribution in [2.24, 2.45) is 0 Å². The van der Waals surface area contributed by atoms with Gasteiger partial charge >= 0.3 is 5.97 Å². The quantitative estimate of drug-likeness (QED) is 0.664. The number of pyridine rings is 1. The van der Waals surface area contributed by atoms with Gasteiger partial charge in [0, 0.05) is 37.6 Å². The van der Waals surface area contributed by atoms with E-state index in [9.17, 15) is 19.5 Å². The summed E-state index contributed by atoms with van der Waals surface area (Å²) in [6, 6.07) is 1.58. The number of ether oxygens (including phenoxy) is 3. The maximum atomic E-state index is 13.2. The zero-order chi connectivity index (χ0) is 20.5. The molecule has 2 N–H and O–H groups in total. The molecule has 2 aliphatic rings. The Hall–Kier alpha value is -2.23. The second-order valence-corrected chi connectivity index (χ2v) is 6.92. The van der Waals surface area contributed by atoms with E-state index in [4.69, 9.17) is 14.2 Å². The molecule has 9 heteroatoms. The lowest BCUT2D eigenvalue weighted by Gasteiger charge is -2.29. The molecule has 0 bridgehead atoms. The van der Waals surface area contributed by atoms with Crippen LogP contribution in [0.3, 0.4) is 0 Å². The van der Waals surface area contributed by atoms with Crippen LogP contribution in [0.4, 0.5) is 0 Å². The largest absolute Gasteiger partial charge is 0.464 e. The highest BCUT2D eigenvalue weighted by Crippen LogP contribution is 2.41. The molecule has 1 spiro atoms. The fourth-order valence-electron chi connectivity index (χ4n) is 3.81. The Morgan fingerprint density at radius 1 is 1.36 bits per heavy atom. The smallest absolute Gasteiger partial charge is 0.342 e. The molecule has 1 fully saturated rings. The third-order valence-corrected chi connectivity index (χ3v) is 5.29. The minimum Gasteiger partial charge on any atom is -0.464 e. The van der Waals surface area contributed by atoms with E-state index in [1.807, 2.05) is 0 Å². The molecular weight excluding hydrogens is 368 g/mol. The van der Waals surface area contributed by atoms with Crippen molar-refractivity contribution in [3.05, 3.63) is 33.2 Å². The fraction of sp³-hybridized carbons (Fsp3) is 0.632. The van der Waals surface area contributed by atoms with Crippen LogP contribution in [0.25, 0.3) is 0 Å². The Bertz CT molecular complexity index is 841. The van der Waals surface area contributed by atoms with Crippen molar-refractivity contribution in [1.82, 2.24) is 9.88 Å². The van der Waals surface area contributed by atoms with Crippen molar-refractivity contribution in [2.45, 2.75) is 58.1 Å². The average molecular weight is 394 g/mol. The van der Waals surface area contributed by atoms with Crippen LogP contribution in [0.5, 0.6) is 0 Å². The van der Waals surface area contributed by atoms with Gasteiger partial charge in [-0.15, -0.1) is 0 Å². The molecule has 1 aromatic rings. The molecule has 3 heterocycles. The minimum absolute atomic E-state index is 0.00346. The molecular formula is C19H26N2O7. The number of esters is 1. The van der Waals surface area contributed by atoms with Crippen molar-refractivity contribution < 1.29 is 28.9 Å². The molecule has 1 atom stereocenters. The van der Waals surface area contributed by atoms with Gasteiger partial charge in [-0.2, -0.15) is 0 Å². The van der Waals surface area contributed by atoms with Crippen molar-refractivity contribution in [3.8, 4) is 0 Å². The summed E-state index contributed by atoms with van der Waals surface area (Å²) in [6.45, 7) is 5.74. The van der Waals surface area contributed by atoms with Crippen LogP contribution in [0.2, 0.25) is 0 Å². The number of fused-ring (bicyclic) bond motifs is 2. The summed E-state index contributed by atoms with van der Waals surface area (Å²) in [5, 5.41) is 13.8. The molecule has 3 rings (SSSR count). The molecule has 2 aliphatic heterocycles. The molecule has 28 heavy (non-hydrogen) atoms. The Labute approximate surface area is 162 Å². The average Bonchev–Trinajstić information content (AvgIpc) is 3.28. The van der Waals surface area contributed by atoms with Gasteiger partial charge < -0.3 is 29.2 Å². The molecule has 0 radical (unpaired) electrons. The number of hydrogen-bond acceptors (Lipinski definition) is 7. The van der Waals surface area contributed by atoms with E-state index in [0.29, 0.717) is 31.9 Å². The lowest BCUT2D eigenvalue weighted by atomic mass is 9.87. The number of nitrogens with zero attached hydrogens (tertiary/aromatic N) is 1. The summed E-state index contributed by atoms with van der Waals surface area (Å²) in [5.41, 5.74) is -1.70. The van der Waals surface area contributed by atoms with Gasteiger partial charge in [-0.1, -0.05) is 6.92 Å². The van der Waals surface area contributed by atoms with Crippen molar-refractivity contribution >= 4 is 11.9 Å². The van der Waals surface area contributed by atoms with Crippen molar-refractivity contribution in [3.63, 3.8) is 0 Å². The summed E-state index contributed by atoms with van der Waals surface area (Å²) < 4.78 is 18.1. The van der Waals surface area contributed by atoms with E-state index < -0.39 is 22.9 Å². The molecule has 0 aromatic carbocycles. The minimum atomic E-state index is -2.03. The van der Waals surface area contributed by atoms with Crippen molar-refractivity contribution in [1.29, 1.82) is 0 Å². The van der Waals surface area contributed by atoms with Crippen molar-refractivity contribution in [2.75, 3.05) is 19.8 Å². The summed E-state index contributed by atoms with van der Waals surface area (Å²) in [5.74, 6) is -2.22. The lowest BCUT2D eigenvalue weighted by molar-refractivity contribution is -0.168. The Morgan fingerprint density at radius 3 is 2.61 bits per heavy atom. The molecule has 1 aromatic heterocycles. The Balaban J connectivity index is 2.21. The summed E-state index contributed by atoms with van der Waals surface area (Å²) >= 11 is 0. The van der Waals surface area contributed by atoms with E-state index in [-0.39, 0.29) is 36.6 Å². The Kier molecular flexibility index (Phi) is 5.60. The van der Waals surface area contributed by atoms with Gasteiger partial charge in [-0.25, -0.2) is 4.79 Å². The normalized spacial score (nSPS) is 19.3. The maximum absolute atomic E-state index is 13.2. The third-order valence-electron chi connectivity index (χ3n) is 5.29. The number of amides is 1. The summed E-state index contributed by atoms with van der Waals surface area (Å²) in [7, 11) is 0. The topological polar surface area (TPSA) is 116 Å². The SMILES string of the molecule is CCOC(=O)[C@@](O)(CC)c1cc2n(c(=O)c1CNC(C)=O)CCC21OCCO1. The zero-order valence-electron chi connectivity index (χ0n) is 16.4. The first-order valence-electron chi connectivity index (χ1n) is 9.48. The van der Waals surface area contributed by atoms with Crippen LogP contribution in [0, 0.1) is 0 Å². The molecule has 0 unspecified atom stereocenters. The maximum Gasteiger partial charge on any atom is 0.342 e.